The number of rotatable bonds is 4. The minimum atomic E-state index is -0.438. The van der Waals surface area contributed by atoms with E-state index in [9.17, 15) is 14.4 Å². The highest BCUT2D eigenvalue weighted by Crippen LogP contribution is 2.34. The molecule has 0 saturated heterocycles. The van der Waals surface area contributed by atoms with Gasteiger partial charge in [0.05, 0.1) is 5.39 Å². The molecule has 1 aliphatic rings. The van der Waals surface area contributed by atoms with Gasteiger partial charge in [-0.2, -0.15) is 0 Å². The number of carbonyl (C=O) groups excluding carboxylic acids is 2. The maximum absolute atomic E-state index is 12.4. The van der Waals surface area contributed by atoms with E-state index in [2.05, 4.69) is 20.6 Å². The molecule has 0 fully saturated rings. The summed E-state index contributed by atoms with van der Waals surface area (Å²) < 4.78 is 0. The number of amides is 2. The number of aromatic amines is 1. The van der Waals surface area contributed by atoms with Crippen LogP contribution in [0.3, 0.4) is 0 Å². The minimum absolute atomic E-state index is 0.0189. The minimum Gasteiger partial charge on any atom is -0.345 e. The second kappa shape index (κ2) is 6.96. The predicted molar refractivity (Wildman–Crippen MR) is 104 cm³/mol. The quantitative estimate of drug-likeness (QED) is 0.644. The van der Waals surface area contributed by atoms with Crippen LogP contribution in [0.1, 0.15) is 40.0 Å². The van der Waals surface area contributed by atoms with Crippen molar-refractivity contribution < 1.29 is 9.59 Å². The van der Waals surface area contributed by atoms with E-state index in [1.54, 1.807) is 18.2 Å². The third kappa shape index (κ3) is 3.48. The van der Waals surface area contributed by atoms with Crippen molar-refractivity contribution in [2.45, 2.75) is 32.7 Å². The predicted octanol–water partition coefficient (Wildman–Crippen LogP) is 2.36. The molecule has 0 spiro atoms. The van der Waals surface area contributed by atoms with E-state index in [4.69, 9.17) is 0 Å². The largest absolute Gasteiger partial charge is 0.345 e. The van der Waals surface area contributed by atoms with Gasteiger partial charge in [-0.05, 0) is 42.5 Å². The second-order valence-electron chi connectivity index (χ2n) is 6.52. The molecule has 2 amide bonds. The van der Waals surface area contributed by atoms with Crippen molar-refractivity contribution in [3.63, 3.8) is 0 Å². The monoisotopic (exact) mass is 382 g/mol. The molecule has 1 aliphatic carbocycles. The van der Waals surface area contributed by atoms with E-state index in [0.29, 0.717) is 15.9 Å². The van der Waals surface area contributed by atoms with Gasteiger partial charge in [0, 0.05) is 24.0 Å². The molecule has 27 heavy (non-hydrogen) atoms. The Hall–Kier alpha value is -3.00. The first kappa shape index (κ1) is 17.4. The van der Waals surface area contributed by atoms with Gasteiger partial charge >= 0.3 is 0 Å². The first-order valence-electron chi connectivity index (χ1n) is 8.70. The Labute approximate surface area is 158 Å². The molecule has 2 heterocycles. The Morgan fingerprint density at radius 3 is 2.96 bits per heavy atom. The molecule has 0 aliphatic heterocycles. The molecule has 0 saturated carbocycles. The fourth-order valence-corrected chi connectivity index (χ4v) is 4.60. The van der Waals surface area contributed by atoms with Crippen LogP contribution in [0.4, 0.5) is 5.69 Å². The Morgan fingerprint density at radius 2 is 2.15 bits per heavy atom. The number of hydrogen-bond acceptors (Lipinski definition) is 5. The summed E-state index contributed by atoms with van der Waals surface area (Å²) in [6, 6.07) is 7.20. The zero-order valence-electron chi connectivity index (χ0n) is 14.7. The number of nitrogens with one attached hydrogen (secondary N) is 3. The molecule has 1 aromatic carbocycles. The van der Waals surface area contributed by atoms with Crippen LogP contribution in [0.25, 0.3) is 10.2 Å². The lowest BCUT2D eigenvalue weighted by atomic mass is 10.2. The zero-order valence-corrected chi connectivity index (χ0v) is 15.5. The average Bonchev–Trinajstić information content (AvgIpc) is 3.20. The van der Waals surface area contributed by atoms with Gasteiger partial charge in [-0.25, -0.2) is 4.98 Å². The van der Waals surface area contributed by atoms with Gasteiger partial charge in [-0.15, -0.1) is 11.3 Å². The molecule has 138 valence electrons. The first-order valence-corrected chi connectivity index (χ1v) is 9.52. The van der Waals surface area contributed by atoms with Gasteiger partial charge in [0.2, 0.25) is 11.7 Å². The summed E-state index contributed by atoms with van der Waals surface area (Å²) in [6.07, 6.45) is 2.94. The van der Waals surface area contributed by atoms with E-state index >= 15 is 0 Å². The lowest BCUT2D eigenvalue weighted by Crippen LogP contribution is -2.27. The van der Waals surface area contributed by atoms with Gasteiger partial charge in [0.15, 0.2) is 0 Å². The summed E-state index contributed by atoms with van der Waals surface area (Å²) in [5, 5.41) is 6.09. The molecule has 8 heteroatoms. The summed E-state index contributed by atoms with van der Waals surface area (Å²) in [5.41, 5.74) is 2.33. The topological polar surface area (TPSA) is 104 Å². The normalized spacial score (nSPS) is 12.8. The standard InChI is InChI=1S/C19H18N4O3S/c1-10(24)21-12-5-2-4-11(8-12)9-20-18(26)16-22-17(25)15-13-6-3-7-14(13)27-19(15)23-16/h2,4-5,8H,3,6-7,9H2,1H3,(H,20,26)(H,21,24)(H,22,23,25). The number of aryl methyl sites for hydroxylation is 2. The molecule has 2 aromatic heterocycles. The van der Waals surface area contributed by atoms with Gasteiger partial charge in [0.1, 0.15) is 4.83 Å². The summed E-state index contributed by atoms with van der Waals surface area (Å²) >= 11 is 1.50. The maximum atomic E-state index is 12.4. The van der Waals surface area contributed by atoms with Crippen molar-refractivity contribution in [3.05, 3.63) is 56.4 Å². The Bertz CT molecular complexity index is 1120. The second-order valence-corrected chi connectivity index (χ2v) is 7.60. The first-order chi connectivity index (χ1) is 13.0. The fourth-order valence-electron chi connectivity index (χ4n) is 3.34. The summed E-state index contributed by atoms with van der Waals surface area (Å²) in [6.45, 7) is 1.70. The molecular weight excluding hydrogens is 364 g/mol. The van der Waals surface area contributed by atoms with Crippen LogP contribution in [-0.2, 0) is 24.2 Å². The number of aromatic nitrogens is 2. The van der Waals surface area contributed by atoms with Crippen LogP contribution >= 0.6 is 11.3 Å². The Kier molecular flexibility index (Phi) is 4.49. The van der Waals surface area contributed by atoms with Gasteiger partial charge < -0.3 is 15.6 Å². The third-order valence-electron chi connectivity index (χ3n) is 4.49. The molecule has 7 nitrogen and oxygen atoms in total. The molecule has 0 radical (unpaired) electrons. The average molecular weight is 382 g/mol. The molecule has 4 rings (SSSR count). The van der Waals surface area contributed by atoms with E-state index in [1.165, 1.54) is 23.1 Å². The molecule has 0 unspecified atom stereocenters. The number of benzene rings is 1. The van der Waals surface area contributed by atoms with Crippen molar-refractivity contribution in [2.75, 3.05) is 5.32 Å². The van der Waals surface area contributed by atoms with Crippen molar-refractivity contribution in [1.82, 2.24) is 15.3 Å². The summed E-state index contributed by atoms with van der Waals surface area (Å²) in [7, 11) is 0. The summed E-state index contributed by atoms with van der Waals surface area (Å²) in [5.74, 6) is -0.577. The zero-order chi connectivity index (χ0) is 19.0. The number of carbonyl (C=O) groups is 2. The van der Waals surface area contributed by atoms with Gasteiger partial charge in [-0.3, -0.25) is 14.4 Å². The fraction of sp³-hybridized carbons (Fsp3) is 0.263. The number of anilines is 1. The van der Waals surface area contributed by atoms with Crippen LogP contribution < -0.4 is 16.2 Å². The van der Waals surface area contributed by atoms with Crippen LogP contribution in [0, 0.1) is 0 Å². The van der Waals surface area contributed by atoms with Crippen LogP contribution in [0.5, 0.6) is 0 Å². The maximum Gasteiger partial charge on any atom is 0.287 e. The highest BCUT2D eigenvalue weighted by Gasteiger charge is 2.22. The van der Waals surface area contributed by atoms with Crippen LogP contribution in [0.15, 0.2) is 29.1 Å². The van der Waals surface area contributed by atoms with E-state index in [0.717, 1.165) is 30.4 Å². The van der Waals surface area contributed by atoms with E-state index in [1.807, 2.05) is 6.07 Å². The van der Waals surface area contributed by atoms with Crippen molar-refractivity contribution in [2.24, 2.45) is 0 Å². The molecular formula is C19H18N4O3S. The van der Waals surface area contributed by atoms with Crippen molar-refractivity contribution in [3.8, 4) is 0 Å². The number of fused-ring (bicyclic) bond motifs is 3. The van der Waals surface area contributed by atoms with Gasteiger partial charge in [0.25, 0.3) is 11.5 Å². The number of thiophene rings is 1. The Morgan fingerprint density at radius 1 is 1.30 bits per heavy atom. The highest BCUT2D eigenvalue weighted by molar-refractivity contribution is 7.18. The SMILES string of the molecule is CC(=O)Nc1cccc(CNC(=O)c2nc3sc4c(c3c(=O)[nH]2)CCC4)c1. The van der Waals surface area contributed by atoms with Crippen molar-refractivity contribution in [1.29, 1.82) is 0 Å². The van der Waals surface area contributed by atoms with Gasteiger partial charge in [-0.1, -0.05) is 12.1 Å². The number of hydrogen-bond donors (Lipinski definition) is 3. The smallest absolute Gasteiger partial charge is 0.287 e. The van der Waals surface area contributed by atoms with Crippen LogP contribution in [-0.4, -0.2) is 21.8 Å². The number of nitrogens with zero attached hydrogens (tertiary/aromatic N) is 1. The lowest BCUT2D eigenvalue weighted by molar-refractivity contribution is -0.114. The van der Waals surface area contributed by atoms with Crippen LogP contribution in [0.2, 0.25) is 0 Å². The Balaban J connectivity index is 1.52. The molecule has 0 bridgehead atoms. The van der Waals surface area contributed by atoms with E-state index in [-0.39, 0.29) is 23.8 Å². The van der Waals surface area contributed by atoms with E-state index < -0.39 is 5.91 Å². The lowest BCUT2D eigenvalue weighted by Gasteiger charge is -2.07. The molecule has 0 atom stereocenters. The highest BCUT2D eigenvalue weighted by atomic mass is 32.1. The molecule has 3 N–H and O–H groups in total. The van der Waals surface area contributed by atoms with Crippen molar-refractivity contribution >= 4 is 39.1 Å². The summed E-state index contributed by atoms with van der Waals surface area (Å²) in [4.78, 5) is 44.8. The third-order valence-corrected chi connectivity index (χ3v) is 5.68. The number of H-pyrrole nitrogens is 1. The molecule has 3 aromatic rings.